The third kappa shape index (κ3) is 5.56. The molecular formula is C13H22N2O2. The van der Waals surface area contributed by atoms with E-state index in [1.165, 1.54) is 0 Å². The molecule has 0 aliphatic heterocycles. The second-order valence-electron chi connectivity index (χ2n) is 4.04. The Bertz CT molecular complexity index is 318. The van der Waals surface area contributed by atoms with Gasteiger partial charge in [-0.25, -0.2) is 0 Å². The molecule has 0 amide bonds. The third-order valence-corrected chi connectivity index (χ3v) is 2.54. The van der Waals surface area contributed by atoms with Gasteiger partial charge in [0.05, 0.1) is 18.9 Å². The maximum absolute atomic E-state index is 5.78. The van der Waals surface area contributed by atoms with E-state index in [2.05, 4.69) is 11.9 Å². The predicted molar refractivity (Wildman–Crippen MR) is 70.3 cm³/mol. The number of methoxy groups -OCH3 is 1. The van der Waals surface area contributed by atoms with Crippen molar-refractivity contribution in [2.75, 3.05) is 46.2 Å². The fraction of sp³-hybridized carbons (Fsp3) is 0.538. The van der Waals surface area contributed by atoms with Crippen LogP contribution in [-0.2, 0) is 4.74 Å². The number of hydrogen-bond acceptors (Lipinski definition) is 4. The van der Waals surface area contributed by atoms with Crippen molar-refractivity contribution in [1.82, 2.24) is 4.90 Å². The first-order chi connectivity index (χ1) is 8.24. The summed E-state index contributed by atoms with van der Waals surface area (Å²) in [4.78, 5) is 2.22. The average molecular weight is 238 g/mol. The number of para-hydroxylation sites is 2. The zero-order chi connectivity index (χ0) is 12.5. The molecule has 0 fully saturated rings. The van der Waals surface area contributed by atoms with Gasteiger partial charge in [0.15, 0.2) is 0 Å². The van der Waals surface area contributed by atoms with Gasteiger partial charge in [-0.15, -0.1) is 0 Å². The summed E-state index contributed by atoms with van der Waals surface area (Å²) in [6.45, 7) is 3.40. The smallest absolute Gasteiger partial charge is 0.142 e. The van der Waals surface area contributed by atoms with Crippen LogP contribution in [0.1, 0.15) is 6.42 Å². The van der Waals surface area contributed by atoms with Crippen LogP contribution in [0.3, 0.4) is 0 Å². The Balaban J connectivity index is 2.14. The number of nitrogen functional groups attached to an aromatic ring is 1. The zero-order valence-corrected chi connectivity index (χ0v) is 10.7. The highest BCUT2D eigenvalue weighted by Gasteiger charge is 2.00. The molecule has 2 N–H and O–H groups in total. The predicted octanol–water partition coefficient (Wildman–Crippen LogP) is 1.62. The van der Waals surface area contributed by atoms with Gasteiger partial charge in [0.25, 0.3) is 0 Å². The molecule has 0 bridgehead atoms. The van der Waals surface area contributed by atoms with Crippen molar-refractivity contribution in [3.8, 4) is 5.75 Å². The summed E-state index contributed by atoms with van der Waals surface area (Å²) in [5.41, 5.74) is 6.47. The summed E-state index contributed by atoms with van der Waals surface area (Å²) in [5.74, 6) is 0.770. The molecule has 0 unspecified atom stereocenters. The van der Waals surface area contributed by atoms with Gasteiger partial charge in [-0.1, -0.05) is 12.1 Å². The highest BCUT2D eigenvalue weighted by molar-refractivity contribution is 5.51. The average Bonchev–Trinajstić information content (AvgIpc) is 2.34. The first kappa shape index (κ1) is 13.8. The molecule has 1 aromatic rings. The van der Waals surface area contributed by atoms with Crippen LogP contribution in [0.25, 0.3) is 0 Å². The second kappa shape index (κ2) is 7.92. The Morgan fingerprint density at radius 2 is 1.94 bits per heavy atom. The van der Waals surface area contributed by atoms with Gasteiger partial charge in [-0.05, 0) is 25.6 Å². The molecule has 96 valence electrons. The van der Waals surface area contributed by atoms with Crippen molar-refractivity contribution in [3.05, 3.63) is 24.3 Å². The number of benzene rings is 1. The van der Waals surface area contributed by atoms with E-state index in [0.29, 0.717) is 12.3 Å². The van der Waals surface area contributed by atoms with Crippen LogP contribution < -0.4 is 10.5 Å². The first-order valence-corrected chi connectivity index (χ1v) is 5.89. The summed E-state index contributed by atoms with van der Waals surface area (Å²) in [7, 11) is 3.80. The highest BCUT2D eigenvalue weighted by Crippen LogP contribution is 2.19. The van der Waals surface area contributed by atoms with Crippen molar-refractivity contribution in [2.24, 2.45) is 0 Å². The zero-order valence-electron chi connectivity index (χ0n) is 10.7. The van der Waals surface area contributed by atoms with Crippen LogP contribution in [0.2, 0.25) is 0 Å². The fourth-order valence-electron chi connectivity index (χ4n) is 1.49. The summed E-state index contributed by atoms with van der Waals surface area (Å²) in [6, 6.07) is 7.57. The normalized spacial score (nSPS) is 10.8. The van der Waals surface area contributed by atoms with E-state index in [0.717, 1.165) is 31.9 Å². The number of rotatable bonds is 8. The summed E-state index contributed by atoms with van der Waals surface area (Å²) in [5, 5.41) is 0. The first-order valence-electron chi connectivity index (χ1n) is 5.89. The van der Waals surface area contributed by atoms with E-state index in [4.69, 9.17) is 15.2 Å². The Hall–Kier alpha value is -1.26. The van der Waals surface area contributed by atoms with Gasteiger partial charge in [-0.3, -0.25) is 0 Å². The molecule has 0 radical (unpaired) electrons. The molecule has 0 aromatic heterocycles. The van der Waals surface area contributed by atoms with Gasteiger partial charge in [0, 0.05) is 20.2 Å². The van der Waals surface area contributed by atoms with E-state index in [1.54, 1.807) is 7.11 Å². The third-order valence-electron chi connectivity index (χ3n) is 2.54. The Morgan fingerprint density at radius 1 is 1.18 bits per heavy atom. The van der Waals surface area contributed by atoms with Gasteiger partial charge in [-0.2, -0.15) is 0 Å². The van der Waals surface area contributed by atoms with Crippen LogP contribution in [0, 0.1) is 0 Å². The maximum atomic E-state index is 5.78. The topological polar surface area (TPSA) is 47.7 Å². The molecular weight excluding hydrogens is 216 g/mol. The van der Waals surface area contributed by atoms with Crippen molar-refractivity contribution in [2.45, 2.75) is 6.42 Å². The van der Waals surface area contributed by atoms with E-state index in [-0.39, 0.29) is 0 Å². The Morgan fingerprint density at radius 3 is 2.65 bits per heavy atom. The van der Waals surface area contributed by atoms with Crippen molar-refractivity contribution in [3.63, 3.8) is 0 Å². The molecule has 0 atom stereocenters. The van der Waals surface area contributed by atoms with Crippen LogP contribution in [0.4, 0.5) is 5.69 Å². The highest BCUT2D eigenvalue weighted by atomic mass is 16.5. The Kier molecular flexibility index (Phi) is 6.43. The SMILES string of the molecule is COCCN(C)CCCOc1ccccc1N. The lowest BCUT2D eigenvalue weighted by molar-refractivity contribution is 0.157. The number of hydrogen-bond donors (Lipinski definition) is 1. The van der Waals surface area contributed by atoms with Crippen LogP contribution in [-0.4, -0.2) is 45.4 Å². The standard InChI is InChI=1S/C13H22N2O2/c1-15(9-11-16-2)8-5-10-17-13-7-4-3-6-12(13)14/h3-4,6-7H,5,8-11,14H2,1-2H3. The van der Waals surface area contributed by atoms with Gasteiger partial charge < -0.3 is 20.1 Å². The van der Waals surface area contributed by atoms with Crippen molar-refractivity contribution < 1.29 is 9.47 Å². The number of ether oxygens (including phenoxy) is 2. The molecule has 4 heteroatoms. The molecule has 0 saturated heterocycles. The lowest BCUT2D eigenvalue weighted by Crippen LogP contribution is -2.25. The Labute approximate surface area is 103 Å². The number of anilines is 1. The quantitative estimate of drug-likeness (QED) is 0.552. The minimum absolute atomic E-state index is 0.686. The van der Waals surface area contributed by atoms with Crippen LogP contribution >= 0.6 is 0 Å². The van der Waals surface area contributed by atoms with Gasteiger partial charge in [0.2, 0.25) is 0 Å². The molecule has 0 aliphatic carbocycles. The van der Waals surface area contributed by atoms with Crippen molar-refractivity contribution in [1.29, 1.82) is 0 Å². The number of nitrogens with zero attached hydrogens (tertiary/aromatic N) is 1. The monoisotopic (exact) mass is 238 g/mol. The van der Waals surface area contributed by atoms with Crippen LogP contribution in [0.15, 0.2) is 24.3 Å². The molecule has 0 heterocycles. The summed E-state index contributed by atoms with van der Waals surface area (Å²) < 4.78 is 10.6. The largest absolute Gasteiger partial charge is 0.491 e. The van der Waals surface area contributed by atoms with E-state index in [1.807, 2.05) is 24.3 Å². The van der Waals surface area contributed by atoms with E-state index in [9.17, 15) is 0 Å². The second-order valence-corrected chi connectivity index (χ2v) is 4.04. The molecule has 1 rings (SSSR count). The van der Waals surface area contributed by atoms with E-state index < -0.39 is 0 Å². The number of nitrogens with two attached hydrogens (primary N) is 1. The lowest BCUT2D eigenvalue weighted by Gasteiger charge is -2.16. The maximum Gasteiger partial charge on any atom is 0.142 e. The summed E-state index contributed by atoms with van der Waals surface area (Å²) >= 11 is 0. The minimum atomic E-state index is 0.686. The molecule has 17 heavy (non-hydrogen) atoms. The molecule has 4 nitrogen and oxygen atoms in total. The molecule has 0 spiro atoms. The summed E-state index contributed by atoms with van der Waals surface area (Å²) in [6.07, 6.45) is 0.981. The van der Waals surface area contributed by atoms with Gasteiger partial charge in [0.1, 0.15) is 5.75 Å². The minimum Gasteiger partial charge on any atom is -0.491 e. The fourth-order valence-corrected chi connectivity index (χ4v) is 1.49. The van der Waals surface area contributed by atoms with E-state index >= 15 is 0 Å². The lowest BCUT2D eigenvalue weighted by atomic mass is 10.3. The van der Waals surface area contributed by atoms with Crippen molar-refractivity contribution >= 4 is 5.69 Å². The number of likely N-dealkylation sites (N-methyl/N-ethyl adjacent to an activating group) is 1. The molecule has 0 aliphatic rings. The molecule has 0 saturated carbocycles. The van der Waals surface area contributed by atoms with Crippen LogP contribution in [0.5, 0.6) is 5.75 Å². The van der Waals surface area contributed by atoms with Gasteiger partial charge >= 0.3 is 0 Å². The molecule has 1 aromatic carbocycles.